The van der Waals surface area contributed by atoms with Crippen molar-refractivity contribution in [1.82, 2.24) is 0 Å². The Morgan fingerprint density at radius 2 is 1.79 bits per heavy atom. The Balaban J connectivity index is 2.62. The minimum absolute atomic E-state index is 0.200. The molecule has 19 heavy (non-hydrogen) atoms. The molecule has 1 aromatic rings. The first-order chi connectivity index (χ1) is 8.95. The number of carbonyl (C=O) groups is 1. The first-order valence-electron chi connectivity index (χ1n) is 6.38. The van der Waals surface area contributed by atoms with Crippen molar-refractivity contribution in [3.8, 4) is 0 Å². The number of ether oxygens (including phenoxy) is 2. The Morgan fingerprint density at radius 3 is 2.32 bits per heavy atom. The topological polar surface area (TPSA) is 35.5 Å². The molecule has 1 aromatic carbocycles. The van der Waals surface area contributed by atoms with Crippen LogP contribution in [0.2, 0.25) is 0 Å². The molecule has 0 saturated carbocycles. The third kappa shape index (κ3) is 5.26. The Labute approximate surface area is 115 Å². The molecule has 0 spiro atoms. The van der Waals surface area contributed by atoms with Crippen molar-refractivity contribution in [3.63, 3.8) is 0 Å². The highest BCUT2D eigenvalue weighted by atomic mass is 16.5. The lowest BCUT2D eigenvalue weighted by atomic mass is 9.97. The van der Waals surface area contributed by atoms with E-state index in [1.807, 2.05) is 45.0 Å². The lowest BCUT2D eigenvalue weighted by molar-refractivity contribution is -0.154. The Kier molecular flexibility index (Phi) is 5.77. The van der Waals surface area contributed by atoms with Crippen molar-refractivity contribution in [2.75, 3.05) is 6.61 Å². The largest absolute Gasteiger partial charge is 0.460 e. The normalized spacial score (nSPS) is 11.1. The summed E-state index contributed by atoms with van der Waals surface area (Å²) in [6.45, 7) is 10.4. The van der Waals surface area contributed by atoms with Gasteiger partial charge in [-0.05, 0) is 31.9 Å². The summed E-state index contributed by atoms with van der Waals surface area (Å²) in [5.74, 6) is -0.200. The molecule has 0 fully saturated rings. The highest BCUT2D eigenvalue weighted by Crippen LogP contribution is 2.18. The first-order valence-corrected chi connectivity index (χ1v) is 6.38. The lowest BCUT2D eigenvalue weighted by Gasteiger charge is -2.17. The number of hydrogen-bond acceptors (Lipinski definition) is 3. The van der Waals surface area contributed by atoms with Gasteiger partial charge in [0.2, 0.25) is 0 Å². The van der Waals surface area contributed by atoms with E-state index in [0.717, 1.165) is 11.1 Å². The van der Waals surface area contributed by atoms with Crippen LogP contribution in [-0.2, 0) is 27.5 Å². The summed E-state index contributed by atoms with van der Waals surface area (Å²) >= 11 is 0. The van der Waals surface area contributed by atoms with Crippen molar-refractivity contribution >= 4 is 5.97 Å². The van der Waals surface area contributed by atoms with E-state index in [-0.39, 0.29) is 12.6 Å². The van der Waals surface area contributed by atoms with E-state index in [1.54, 1.807) is 6.08 Å². The minimum atomic E-state index is -0.478. The van der Waals surface area contributed by atoms with E-state index < -0.39 is 5.41 Å². The molecule has 0 aliphatic rings. The third-order valence-electron chi connectivity index (χ3n) is 2.58. The van der Waals surface area contributed by atoms with Gasteiger partial charge in [0.1, 0.15) is 6.61 Å². The minimum Gasteiger partial charge on any atom is -0.460 e. The van der Waals surface area contributed by atoms with Gasteiger partial charge in [-0.2, -0.15) is 0 Å². The molecule has 0 aromatic heterocycles. The molecule has 0 aliphatic heterocycles. The van der Waals surface area contributed by atoms with E-state index in [1.165, 1.54) is 0 Å². The van der Waals surface area contributed by atoms with Crippen LogP contribution in [0.25, 0.3) is 0 Å². The lowest BCUT2D eigenvalue weighted by Crippen LogP contribution is -2.23. The van der Waals surface area contributed by atoms with Gasteiger partial charge in [0.25, 0.3) is 0 Å². The highest BCUT2D eigenvalue weighted by molar-refractivity contribution is 5.75. The van der Waals surface area contributed by atoms with Crippen molar-refractivity contribution in [3.05, 3.63) is 48.0 Å². The maximum absolute atomic E-state index is 11.7. The predicted octanol–water partition coefficient (Wildman–Crippen LogP) is 3.48. The molecule has 0 saturated heterocycles. The van der Waals surface area contributed by atoms with Crippen LogP contribution in [-0.4, -0.2) is 12.6 Å². The first kappa shape index (κ1) is 15.4. The molecule has 0 aliphatic carbocycles. The zero-order valence-electron chi connectivity index (χ0n) is 11.9. The summed E-state index contributed by atoms with van der Waals surface area (Å²) in [6, 6.07) is 7.80. The summed E-state index contributed by atoms with van der Waals surface area (Å²) in [5, 5.41) is 0. The monoisotopic (exact) mass is 262 g/mol. The van der Waals surface area contributed by atoms with Crippen molar-refractivity contribution in [2.45, 2.75) is 34.0 Å². The van der Waals surface area contributed by atoms with Crippen molar-refractivity contribution in [2.24, 2.45) is 5.41 Å². The number of carbonyl (C=O) groups excluding carboxylic acids is 1. The van der Waals surface area contributed by atoms with Crippen LogP contribution in [0.3, 0.4) is 0 Å². The predicted molar refractivity (Wildman–Crippen MR) is 75.5 cm³/mol. The fourth-order valence-corrected chi connectivity index (χ4v) is 1.45. The van der Waals surface area contributed by atoms with Crippen molar-refractivity contribution in [1.29, 1.82) is 0 Å². The molecule has 0 radical (unpaired) electrons. The second kappa shape index (κ2) is 7.10. The van der Waals surface area contributed by atoms with Crippen LogP contribution < -0.4 is 0 Å². The zero-order chi connectivity index (χ0) is 14.3. The second-order valence-corrected chi connectivity index (χ2v) is 5.40. The maximum Gasteiger partial charge on any atom is 0.311 e. The Bertz CT molecular complexity index is 430. The third-order valence-corrected chi connectivity index (χ3v) is 2.58. The molecule has 104 valence electrons. The van der Waals surface area contributed by atoms with Gasteiger partial charge < -0.3 is 9.47 Å². The number of esters is 1. The highest BCUT2D eigenvalue weighted by Gasteiger charge is 2.23. The number of benzene rings is 1. The fourth-order valence-electron chi connectivity index (χ4n) is 1.45. The van der Waals surface area contributed by atoms with E-state index in [0.29, 0.717) is 13.2 Å². The fraction of sp³-hybridized carbons (Fsp3) is 0.438. The van der Waals surface area contributed by atoms with Gasteiger partial charge in [-0.3, -0.25) is 4.79 Å². The summed E-state index contributed by atoms with van der Waals surface area (Å²) in [5.41, 5.74) is 1.53. The van der Waals surface area contributed by atoms with Crippen LogP contribution in [0.1, 0.15) is 31.9 Å². The average Bonchev–Trinajstić information content (AvgIpc) is 2.36. The van der Waals surface area contributed by atoms with E-state index in [4.69, 9.17) is 9.47 Å². The molecule has 3 nitrogen and oxygen atoms in total. The zero-order valence-corrected chi connectivity index (χ0v) is 11.9. The van der Waals surface area contributed by atoms with Gasteiger partial charge in [-0.15, -0.1) is 6.58 Å². The SMILES string of the molecule is C=CCOCc1ccccc1COC(=O)C(C)(C)C. The number of rotatable bonds is 6. The molecule has 0 heterocycles. The van der Waals surface area contributed by atoms with Crippen LogP contribution in [0.15, 0.2) is 36.9 Å². The van der Waals surface area contributed by atoms with Gasteiger partial charge in [0.05, 0.1) is 18.6 Å². The smallest absolute Gasteiger partial charge is 0.311 e. The summed E-state index contributed by atoms with van der Waals surface area (Å²) in [7, 11) is 0. The van der Waals surface area contributed by atoms with E-state index >= 15 is 0 Å². The summed E-state index contributed by atoms with van der Waals surface area (Å²) < 4.78 is 10.7. The number of hydrogen-bond donors (Lipinski definition) is 0. The molecule has 0 unspecified atom stereocenters. The van der Waals surface area contributed by atoms with Crippen LogP contribution in [0.4, 0.5) is 0 Å². The Hall–Kier alpha value is -1.61. The summed E-state index contributed by atoms with van der Waals surface area (Å²) in [4.78, 5) is 11.7. The molecule has 0 bridgehead atoms. The Morgan fingerprint density at radius 1 is 1.21 bits per heavy atom. The van der Waals surface area contributed by atoms with Gasteiger partial charge in [0.15, 0.2) is 0 Å². The van der Waals surface area contributed by atoms with Gasteiger partial charge in [-0.25, -0.2) is 0 Å². The van der Waals surface area contributed by atoms with E-state index in [9.17, 15) is 4.79 Å². The molecule has 0 atom stereocenters. The maximum atomic E-state index is 11.7. The average molecular weight is 262 g/mol. The van der Waals surface area contributed by atoms with Crippen LogP contribution in [0.5, 0.6) is 0 Å². The molecule has 1 rings (SSSR count). The molecule has 0 N–H and O–H groups in total. The van der Waals surface area contributed by atoms with Gasteiger partial charge >= 0.3 is 5.97 Å². The van der Waals surface area contributed by atoms with E-state index in [2.05, 4.69) is 6.58 Å². The van der Waals surface area contributed by atoms with Crippen LogP contribution in [0, 0.1) is 5.41 Å². The van der Waals surface area contributed by atoms with Gasteiger partial charge in [-0.1, -0.05) is 30.3 Å². The molecular weight excluding hydrogens is 240 g/mol. The van der Waals surface area contributed by atoms with Gasteiger partial charge in [0, 0.05) is 0 Å². The standard InChI is InChI=1S/C16H22O3/c1-5-10-18-11-13-8-6-7-9-14(13)12-19-15(17)16(2,3)4/h5-9H,1,10-12H2,2-4H3. The van der Waals surface area contributed by atoms with Crippen molar-refractivity contribution < 1.29 is 14.3 Å². The second-order valence-electron chi connectivity index (χ2n) is 5.40. The summed E-state index contributed by atoms with van der Waals surface area (Å²) in [6.07, 6.45) is 1.71. The van der Waals surface area contributed by atoms with Crippen LogP contribution >= 0.6 is 0 Å². The molecular formula is C16H22O3. The molecule has 3 heteroatoms. The quantitative estimate of drug-likeness (QED) is 0.447. The molecule has 0 amide bonds.